The topological polar surface area (TPSA) is 81.9 Å². The lowest BCUT2D eigenvalue weighted by Gasteiger charge is -2.11. The molecular formula is C21H24N4O3S. The highest BCUT2D eigenvalue weighted by Gasteiger charge is 2.21. The maximum absolute atomic E-state index is 12.9. The van der Waals surface area contributed by atoms with Gasteiger partial charge in [0.15, 0.2) is 10.9 Å². The van der Waals surface area contributed by atoms with Crippen LogP contribution in [0, 0.1) is 13.8 Å². The summed E-state index contributed by atoms with van der Waals surface area (Å²) in [5.41, 5.74) is 3.39. The predicted octanol–water partition coefficient (Wildman–Crippen LogP) is 3.13. The van der Waals surface area contributed by atoms with Crippen molar-refractivity contribution in [2.75, 3.05) is 12.4 Å². The fraction of sp³-hybridized carbons (Fsp3) is 0.381. The summed E-state index contributed by atoms with van der Waals surface area (Å²) in [6, 6.07) is 11.9. The van der Waals surface area contributed by atoms with Crippen molar-refractivity contribution in [1.82, 2.24) is 19.3 Å². The fourth-order valence-corrected chi connectivity index (χ4v) is 4.63. The molecule has 7 nitrogen and oxygen atoms in total. The van der Waals surface area contributed by atoms with Crippen molar-refractivity contribution in [2.24, 2.45) is 0 Å². The number of aryl methyl sites for hydroxylation is 1. The second kappa shape index (κ2) is 8.42. The minimum atomic E-state index is -0.266. The Hall–Kier alpha value is -2.58. The number of benzene rings is 1. The van der Waals surface area contributed by atoms with E-state index in [9.17, 15) is 9.59 Å². The molecule has 0 bridgehead atoms. The standard InChI is InChI=1S/C21H24N4O3S/c1-14-11-18(15(2)25(14)16-7-4-3-5-8-16)19(26)13-29-21-23-22-20(27)24(21)12-17-9-6-10-28-17/h3-5,7-8,11,17H,6,9-10,12-13H2,1-2H3,(H,22,27). The molecule has 1 atom stereocenters. The summed E-state index contributed by atoms with van der Waals surface area (Å²) >= 11 is 1.28. The molecule has 4 rings (SSSR count). The van der Waals surface area contributed by atoms with E-state index >= 15 is 0 Å². The Morgan fingerprint density at radius 2 is 2.10 bits per heavy atom. The number of carbonyl (C=O) groups excluding carboxylic acids is 1. The molecule has 3 aromatic rings. The van der Waals surface area contributed by atoms with Gasteiger partial charge in [-0.1, -0.05) is 30.0 Å². The summed E-state index contributed by atoms with van der Waals surface area (Å²) < 4.78 is 9.28. The van der Waals surface area contributed by atoms with Crippen molar-refractivity contribution >= 4 is 17.5 Å². The lowest BCUT2D eigenvalue weighted by molar-refractivity contribution is 0.0941. The van der Waals surface area contributed by atoms with Crippen molar-refractivity contribution in [1.29, 1.82) is 0 Å². The molecule has 8 heteroatoms. The molecule has 0 aliphatic carbocycles. The number of ketones is 1. The molecule has 1 aliphatic rings. The van der Waals surface area contributed by atoms with Crippen LogP contribution in [0.5, 0.6) is 0 Å². The van der Waals surface area contributed by atoms with E-state index in [1.54, 1.807) is 4.57 Å². The van der Waals surface area contributed by atoms with Gasteiger partial charge in [0.25, 0.3) is 0 Å². The van der Waals surface area contributed by atoms with Crippen LogP contribution >= 0.6 is 11.8 Å². The number of para-hydroxylation sites is 1. The van der Waals surface area contributed by atoms with Gasteiger partial charge in [-0.2, -0.15) is 0 Å². The number of H-pyrrole nitrogens is 1. The van der Waals surface area contributed by atoms with Crippen molar-refractivity contribution in [3.8, 4) is 5.69 Å². The van der Waals surface area contributed by atoms with Gasteiger partial charge in [-0.05, 0) is 44.9 Å². The number of ether oxygens (including phenoxy) is 1. The number of carbonyl (C=O) groups is 1. The molecule has 1 fully saturated rings. The number of aromatic nitrogens is 4. The second-order valence-electron chi connectivity index (χ2n) is 7.22. The molecule has 1 N–H and O–H groups in total. The summed E-state index contributed by atoms with van der Waals surface area (Å²) in [5.74, 6) is 0.235. The van der Waals surface area contributed by atoms with E-state index in [2.05, 4.69) is 14.8 Å². The third-order valence-corrected chi connectivity index (χ3v) is 6.19. The molecule has 0 saturated carbocycles. The van der Waals surface area contributed by atoms with Crippen LogP contribution < -0.4 is 5.69 Å². The van der Waals surface area contributed by atoms with Crippen molar-refractivity contribution in [3.05, 3.63) is 63.8 Å². The third-order valence-electron chi connectivity index (χ3n) is 5.21. The monoisotopic (exact) mass is 412 g/mol. The van der Waals surface area contributed by atoms with E-state index in [0.717, 1.165) is 36.5 Å². The van der Waals surface area contributed by atoms with Crippen LogP contribution in [-0.4, -0.2) is 43.6 Å². The lowest BCUT2D eigenvalue weighted by atomic mass is 10.2. The Bertz CT molecular complexity index is 1060. The summed E-state index contributed by atoms with van der Waals surface area (Å²) in [7, 11) is 0. The zero-order chi connectivity index (χ0) is 20.4. The largest absolute Gasteiger partial charge is 0.376 e. The molecule has 1 unspecified atom stereocenters. The van der Waals surface area contributed by atoms with Gasteiger partial charge in [0.1, 0.15) is 0 Å². The number of thioether (sulfide) groups is 1. The first-order valence-corrected chi connectivity index (χ1v) is 10.7. The van der Waals surface area contributed by atoms with Gasteiger partial charge in [0.05, 0.1) is 18.4 Å². The molecule has 1 saturated heterocycles. The first-order chi connectivity index (χ1) is 14.0. The predicted molar refractivity (Wildman–Crippen MR) is 112 cm³/mol. The number of hydrogen-bond donors (Lipinski definition) is 1. The Morgan fingerprint density at radius 3 is 2.83 bits per heavy atom. The molecule has 0 radical (unpaired) electrons. The van der Waals surface area contributed by atoms with E-state index < -0.39 is 0 Å². The quantitative estimate of drug-likeness (QED) is 0.476. The normalized spacial score (nSPS) is 16.4. The third kappa shape index (κ3) is 4.09. The maximum atomic E-state index is 12.9. The molecule has 1 aliphatic heterocycles. The van der Waals surface area contributed by atoms with Crippen molar-refractivity contribution < 1.29 is 9.53 Å². The summed E-state index contributed by atoms with van der Waals surface area (Å²) in [6.45, 7) is 5.15. The zero-order valence-electron chi connectivity index (χ0n) is 16.6. The van der Waals surface area contributed by atoms with Crippen LogP contribution in [0.25, 0.3) is 5.69 Å². The summed E-state index contributed by atoms with van der Waals surface area (Å²) in [5, 5.41) is 7.10. The Kier molecular flexibility index (Phi) is 5.73. The fourth-order valence-electron chi connectivity index (χ4n) is 3.79. The van der Waals surface area contributed by atoms with Crippen molar-refractivity contribution in [2.45, 2.75) is 44.5 Å². The van der Waals surface area contributed by atoms with Crippen LogP contribution in [0.1, 0.15) is 34.6 Å². The zero-order valence-corrected chi connectivity index (χ0v) is 17.4. The van der Waals surface area contributed by atoms with Gasteiger partial charge in [-0.25, -0.2) is 9.89 Å². The Labute approximate surface area is 173 Å². The average molecular weight is 413 g/mol. The van der Waals surface area contributed by atoms with E-state index in [1.165, 1.54) is 11.8 Å². The lowest BCUT2D eigenvalue weighted by Crippen LogP contribution is -2.25. The van der Waals surface area contributed by atoms with Gasteiger partial charge in [0.2, 0.25) is 0 Å². The molecule has 1 aromatic carbocycles. The SMILES string of the molecule is Cc1cc(C(=O)CSc2n[nH]c(=O)n2CC2CCCO2)c(C)n1-c1ccccc1. The Balaban J connectivity index is 1.49. The maximum Gasteiger partial charge on any atom is 0.344 e. The number of rotatable bonds is 7. The molecule has 0 amide bonds. The van der Waals surface area contributed by atoms with E-state index in [4.69, 9.17) is 4.74 Å². The van der Waals surface area contributed by atoms with Crippen LogP contribution in [0.4, 0.5) is 0 Å². The van der Waals surface area contributed by atoms with Crippen molar-refractivity contribution in [3.63, 3.8) is 0 Å². The highest BCUT2D eigenvalue weighted by atomic mass is 32.2. The van der Waals surface area contributed by atoms with Gasteiger partial charge in [0, 0.05) is 29.2 Å². The first kappa shape index (κ1) is 19.7. The summed E-state index contributed by atoms with van der Waals surface area (Å²) in [4.78, 5) is 25.0. The van der Waals surface area contributed by atoms with Crippen LogP contribution in [0.3, 0.4) is 0 Å². The van der Waals surface area contributed by atoms with E-state index in [0.29, 0.717) is 17.3 Å². The minimum Gasteiger partial charge on any atom is -0.376 e. The van der Waals surface area contributed by atoms with Gasteiger partial charge in [-0.15, -0.1) is 5.10 Å². The highest BCUT2D eigenvalue weighted by Crippen LogP contribution is 2.24. The smallest absolute Gasteiger partial charge is 0.344 e. The van der Waals surface area contributed by atoms with E-state index in [1.807, 2.05) is 50.2 Å². The van der Waals surface area contributed by atoms with Gasteiger partial charge >= 0.3 is 5.69 Å². The van der Waals surface area contributed by atoms with Crippen LogP contribution in [-0.2, 0) is 11.3 Å². The molecular weight excluding hydrogens is 388 g/mol. The Morgan fingerprint density at radius 1 is 1.31 bits per heavy atom. The minimum absolute atomic E-state index is 0.0180. The second-order valence-corrected chi connectivity index (χ2v) is 8.17. The number of Topliss-reactive ketones (excluding diaryl/α,β-unsaturated/α-hetero) is 1. The van der Waals surface area contributed by atoms with Crippen LogP contribution in [0.15, 0.2) is 46.3 Å². The molecule has 0 spiro atoms. The average Bonchev–Trinajstić information content (AvgIpc) is 3.42. The highest BCUT2D eigenvalue weighted by molar-refractivity contribution is 7.99. The number of nitrogens with one attached hydrogen (secondary N) is 1. The number of hydrogen-bond acceptors (Lipinski definition) is 5. The van der Waals surface area contributed by atoms with Gasteiger partial charge in [-0.3, -0.25) is 9.36 Å². The van der Waals surface area contributed by atoms with Crippen LogP contribution in [0.2, 0.25) is 0 Å². The first-order valence-electron chi connectivity index (χ1n) is 9.71. The molecule has 2 aromatic heterocycles. The van der Waals surface area contributed by atoms with E-state index in [-0.39, 0.29) is 23.3 Å². The molecule has 29 heavy (non-hydrogen) atoms. The molecule has 3 heterocycles. The van der Waals surface area contributed by atoms with Gasteiger partial charge < -0.3 is 9.30 Å². The number of aromatic amines is 1. The number of nitrogens with zero attached hydrogens (tertiary/aromatic N) is 3. The molecule has 152 valence electrons. The summed E-state index contributed by atoms with van der Waals surface area (Å²) in [6.07, 6.45) is 1.98.